The molecular formula is C29H31BN6O. The van der Waals surface area contributed by atoms with Crippen LogP contribution in [0, 0.1) is 5.92 Å². The molecule has 3 aromatic heterocycles. The molecule has 0 radical (unpaired) electrons. The van der Waals surface area contributed by atoms with Crippen LogP contribution < -0.4 is 16.5 Å². The van der Waals surface area contributed by atoms with Crippen LogP contribution in [0.15, 0.2) is 67.0 Å². The van der Waals surface area contributed by atoms with Gasteiger partial charge in [0.2, 0.25) is 5.91 Å². The van der Waals surface area contributed by atoms with E-state index in [1.807, 2.05) is 30.5 Å². The maximum absolute atomic E-state index is 12.5. The van der Waals surface area contributed by atoms with Gasteiger partial charge in [0, 0.05) is 35.8 Å². The van der Waals surface area contributed by atoms with Gasteiger partial charge >= 0.3 is 0 Å². The number of benzene rings is 2. The average molecular weight is 490 g/mol. The van der Waals surface area contributed by atoms with Crippen LogP contribution in [0.4, 0.5) is 5.82 Å². The van der Waals surface area contributed by atoms with Crippen LogP contribution in [0.3, 0.4) is 0 Å². The number of hydrogen-bond acceptors (Lipinski definition) is 4. The van der Waals surface area contributed by atoms with E-state index in [9.17, 15) is 4.79 Å². The average Bonchev–Trinajstić information content (AvgIpc) is 3.50. The van der Waals surface area contributed by atoms with Gasteiger partial charge in [-0.05, 0) is 49.3 Å². The number of H-pyrrole nitrogens is 1. The van der Waals surface area contributed by atoms with Gasteiger partial charge in [0.25, 0.3) is 0 Å². The number of nitrogens with zero attached hydrogens (tertiary/aromatic N) is 3. The number of carbonyl (C=O) groups is 1. The van der Waals surface area contributed by atoms with Crippen molar-refractivity contribution in [2.75, 3.05) is 12.3 Å². The minimum atomic E-state index is 0.0953. The molecule has 3 heterocycles. The van der Waals surface area contributed by atoms with Crippen molar-refractivity contribution in [3.8, 4) is 11.4 Å². The molecule has 0 saturated heterocycles. The highest BCUT2D eigenvalue weighted by Crippen LogP contribution is 2.38. The van der Waals surface area contributed by atoms with Gasteiger partial charge in [-0.3, -0.25) is 9.20 Å². The Bertz CT molecular complexity index is 1550. The van der Waals surface area contributed by atoms with E-state index in [4.69, 9.17) is 10.7 Å². The molecule has 0 unspecified atom stereocenters. The van der Waals surface area contributed by atoms with Crippen molar-refractivity contribution in [1.82, 2.24) is 24.7 Å². The molecule has 7 nitrogen and oxygen atoms in total. The molecular weight excluding hydrogens is 459 g/mol. The third kappa shape index (κ3) is 4.71. The summed E-state index contributed by atoms with van der Waals surface area (Å²) in [4.78, 5) is 25.5. The first-order valence-corrected chi connectivity index (χ1v) is 13.1. The summed E-state index contributed by atoms with van der Waals surface area (Å²) in [7, 11) is 2.05. The van der Waals surface area contributed by atoms with Crippen LogP contribution >= 0.6 is 0 Å². The molecule has 1 fully saturated rings. The number of anilines is 1. The lowest BCUT2D eigenvalue weighted by molar-refractivity contribution is -0.120. The Kier molecular flexibility index (Phi) is 6.16. The minimum Gasteiger partial charge on any atom is -0.382 e. The number of imidazole rings is 1. The summed E-state index contributed by atoms with van der Waals surface area (Å²) in [5.41, 5.74) is 12.3. The second kappa shape index (κ2) is 9.77. The number of amides is 1. The van der Waals surface area contributed by atoms with Crippen molar-refractivity contribution in [1.29, 1.82) is 0 Å². The SMILES string of the molecule is Bc1cccc(CC(=O)NCC2CCC(c3nc(-c4cc5ccccc5[nH]4)c4c(N)nccn34)CC2)c1. The van der Waals surface area contributed by atoms with Crippen molar-refractivity contribution in [3.63, 3.8) is 0 Å². The normalized spacial score (nSPS) is 17.8. The molecule has 1 amide bonds. The lowest BCUT2D eigenvalue weighted by Crippen LogP contribution is -2.32. The topological polar surface area (TPSA) is 101 Å². The van der Waals surface area contributed by atoms with Crippen molar-refractivity contribution in [2.24, 2.45) is 5.92 Å². The third-order valence-corrected chi connectivity index (χ3v) is 7.64. The van der Waals surface area contributed by atoms with Gasteiger partial charge < -0.3 is 16.0 Å². The zero-order chi connectivity index (χ0) is 25.4. The molecule has 8 heteroatoms. The molecule has 1 aliphatic carbocycles. The van der Waals surface area contributed by atoms with Gasteiger partial charge in [-0.25, -0.2) is 9.97 Å². The van der Waals surface area contributed by atoms with E-state index < -0.39 is 0 Å². The first kappa shape index (κ1) is 23.3. The second-order valence-electron chi connectivity index (χ2n) is 10.3. The standard InChI is InChI=1S/C29H31BN6O/c30-22-6-3-4-19(14-22)15-25(37)33-17-18-8-10-20(11-9-18)29-35-26(27-28(31)32-12-13-36(27)29)24-16-21-5-1-2-7-23(21)34-24/h1-7,12-14,16,18,20,34H,8-11,15,17,30H2,(H2,31,32)(H,33,37). The summed E-state index contributed by atoms with van der Waals surface area (Å²) in [6.07, 6.45) is 8.34. The minimum absolute atomic E-state index is 0.0953. The first-order valence-electron chi connectivity index (χ1n) is 13.1. The number of rotatable bonds is 6. The van der Waals surface area contributed by atoms with E-state index in [-0.39, 0.29) is 5.91 Å². The Balaban J connectivity index is 1.15. The number of aromatic nitrogens is 4. The summed E-state index contributed by atoms with van der Waals surface area (Å²) in [6.45, 7) is 0.733. The van der Waals surface area contributed by atoms with E-state index in [0.29, 0.717) is 24.1 Å². The Labute approximate surface area is 216 Å². The number of aromatic amines is 1. The maximum Gasteiger partial charge on any atom is 0.224 e. The van der Waals surface area contributed by atoms with Gasteiger partial charge in [-0.1, -0.05) is 47.9 Å². The zero-order valence-electron chi connectivity index (χ0n) is 21.1. The van der Waals surface area contributed by atoms with Crippen LogP contribution in [0.2, 0.25) is 0 Å². The molecule has 2 aromatic carbocycles. The van der Waals surface area contributed by atoms with Crippen LogP contribution in [0.1, 0.15) is 43.0 Å². The molecule has 5 aromatic rings. The molecule has 1 saturated carbocycles. The van der Waals surface area contributed by atoms with Crippen molar-refractivity contribution >= 4 is 41.5 Å². The molecule has 0 bridgehead atoms. The highest BCUT2D eigenvalue weighted by Gasteiger charge is 2.28. The fraction of sp³-hybridized carbons (Fsp3) is 0.276. The second-order valence-corrected chi connectivity index (χ2v) is 10.3. The first-order chi connectivity index (χ1) is 18.0. The van der Waals surface area contributed by atoms with Gasteiger partial charge in [-0.2, -0.15) is 0 Å². The Morgan fingerprint density at radius 2 is 1.95 bits per heavy atom. The molecule has 37 heavy (non-hydrogen) atoms. The van der Waals surface area contributed by atoms with Crippen LogP contribution in [0.25, 0.3) is 27.8 Å². The fourth-order valence-corrected chi connectivity index (χ4v) is 5.72. The smallest absolute Gasteiger partial charge is 0.224 e. The number of fused-ring (bicyclic) bond motifs is 2. The lowest BCUT2D eigenvalue weighted by Gasteiger charge is -2.28. The Morgan fingerprint density at radius 3 is 2.76 bits per heavy atom. The molecule has 0 spiro atoms. The maximum atomic E-state index is 12.5. The largest absolute Gasteiger partial charge is 0.382 e. The summed E-state index contributed by atoms with van der Waals surface area (Å²) in [6, 6.07) is 18.5. The number of nitrogens with one attached hydrogen (secondary N) is 2. The predicted molar refractivity (Wildman–Crippen MR) is 151 cm³/mol. The number of hydrogen-bond donors (Lipinski definition) is 3. The number of nitrogen functional groups attached to an aromatic ring is 1. The highest BCUT2D eigenvalue weighted by atomic mass is 16.1. The summed E-state index contributed by atoms with van der Waals surface area (Å²) in [5, 5.41) is 4.31. The molecule has 1 aliphatic rings. The number of para-hydroxylation sites is 1. The van der Waals surface area contributed by atoms with Crippen molar-refractivity contribution in [2.45, 2.75) is 38.0 Å². The predicted octanol–water partition coefficient (Wildman–Crippen LogP) is 3.35. The summed E-state index contributed by atoms with van der Waals surface area (Å²) >= 11 is 0. The van der Waals surface area contributed by atoms with Crippen LogP contribution in [-0.4, -0.2) is 39.7 Å². The molecule has 0 aliphatic heterocycles. The lowest BCUT2D eigenvalue weighted by atomic mass is 9.81. The number of carbonyl (C=O) groups excluding carboxylic acids is 1. The zero-order valence-corrected chi connectivity index (χ0v) is 21.1. The van der Waals surface area contributed by atoms with Gasteiger partial charge in [-0.15, -0.1) is 0 Å². The summed E-state index contributed by atoms with van der Waals surface area (Å²) < 4.78 is 2.12. The third-order valence-electron chi connectivity index (χ3n) is 7.64. The summed E-state index contributed by atoms with van der Waals surface area (Å²) in [5.74, 6) is 2.45. The fourth-order valence-electron chi connectivity index (χ4n) is 5.72. The van der Waals surface area contributed by atoms with Gasteiger partial charge in [0.05, 0.1) is 12.1 Å². The van der Waals surface area contributed by atoms with E-state index in [1.54, 1.807) is 6.20 Å². The van der Waals surface area contributed by atoms with E-state index >= 15 is 0 Å². The molecule has 6 rings (SSSR count). The van der Waals surface area contributed by atoms with Crippen LogP contribution in [0.5, 0.6) is 0 Å². The highest BCUT2D eigenvalue weighted by molar-refractivity contribution is 6.32. The molecule has 4 N–H and O–H groups in total. The monoisotopic (exact) mass is 490 g/mol. The molecule has 186 valence electrons. The van der Waals surface area contributed by atoms with Crippen LogP contribution in [-0.2, 0) is 11.2 Å². The Hall–Kier alpha value is -4.07. The van der Waals surface area contributed by atoms with Gasteiger partial charge in [0.15, 0.2) is 0 Å². The quantitative estimate of drug-likeness (QED) is 0.318. The Morgan fingerprint density at radius 1 is 1.11 bits per heavy atom. The van der Waals surface area contributed by atoms with Gasteiger partial charge in [0.1, 0.15) is 30.7 Å². The van der Waals surface area contributed by atoms with E-state index in [2.05, 4.69) is 57.9 Å². The van der Waals surface area contributed by atoms with Crippen molar-refractivity contribution in [3.05, 3.63) is 78.4 Å². The van der Waals surface area contributed by atoms with E-state index in [1.165, 1.54) is 5.46 Å². The number of nitrogens with two attached hydrogens (primary N) is 1. The van der Waals surface area contributed by atoms with Crippen molar-refractivity contribution < 1.29 is 4.79 Å². The van der Waals surface area contributed by atoms with E-state index in [0.717, 1.165) is 71.4 Å². The molecule has 0 atom stereocenters.